The van der Waals surface area contributed by atoms with Crippen molar-refractivity contribution in [3.63, 3.8) is 0 Å². The summed E-state index contributed by atoms with van der Waals surface area (Å²) >= 11 is 0. The molecule has 0 aromatic rings. The summed E-state index contributed by atoms with van der Waals surface area (Å²) < 4.78 is 10.7. The van der Waals surface area contributed by atoms with Crippen molar-refractivity contribution in [2.24, 2.45) is 0 Å². The van der Waals surface area contributed by atoms with Gasteiger partial charge in [0.2, 0.25) is 0 Å². The quantitative estimate of drug-likeness (QED) is 0.480. The molecule has 0 aliphatic carbocycles. The van der Waals surface area contributed by atoms with E-state index in [1.807, 2.05) is 0 Å². The molecular formula is C5H14O2Si2. The van der Waals surface area contributed by atoms with Crippen LogP contribution in [0.25, 0.3) is 0 Å². The average Bonchev–Trinajstić information content (AvgIpc) is 1.91. The van der Waals surface area contributed by atoms with Gasteiger partial charge in [0, 0.05) is 6.61 Å². The second-order valence-corrected chi connectivity index (χ2v) is 6.00. The van der Waals surface area contributed by atoms with E-state index in [9.17, 15) is 0 Å². The van der Waals surface area contributed by atoms with E-state index in [0.717, 1.165) is 17.1 Å². The molecule has 9 heavy (non-hydrogen) atoms. The van der Waals surface area contributed by atoms with Crippen molar-refractivity contribution in [2.75, 3.05) is 6.61 Å². The summed E-state index contributed by atoms with van der Waals surface area (Å²) in [7, 11) is 0.620. The molecule has 1 fully saturated rings. The molecule has 0 amide bonds. The first-order valence-corrected chi connectivity index (χ1v) is 5.75. The van der Waals surface area contributed by atoms with Crippen molar-refractivity contribution in [3.8, 4) is 0 Å². The van der Waals surface area contributed by atoms with Crippen LogP contribution in [0.1, 0.15) is 19.3 Å². The zero-order valence-electron chi connectivity index (χ0n) is 5.93. The Morgan fingerprint density at radius 3 is 3.00 bits per heavy atom. The van der Waals surface area contributed by atoms with Crippen LogP contribution in [-0.4, -0.2) is 32.6 Å². The van der Waals surface area contributed by atoms with E-state index >= 15 is 0 Å². The van der Waals surface area contributed by atoms with Gasteiger partial charge in [-0.25, -0.2) is 0 Å². The van der Waals surface area contributed by atoms with Gasteiger partial charge in [-0.05, 0) is 19.3 Å². The molecule has 2 nitrogen and oxygen atoms in total. The summed E-state index contributed by atoms with van der Waals surface area (Å²) in [5.41, 5.74) is 0.552. The topological polar surface area (TPSA) is 18.5 Å². The van der Waals surface area contributed by atoms with Crippen LogP contribution in [0.5, 0.6) is 0 Å². The predicted molar refractivity (Wildman–Crippen MR) is 43.2 cm³/mol. The predicted octanol–water partition coefficient (Wildman–Crippen LogP) is -1.11. The van der Waals surface area contributed by atoms with E-state index in [-0.39, 0.29) is 9.76 Å². The van der Waals surface area contributed by atoms with Crippen LogP contribution in [0.15, 0.2) is 0 Å². The summed E-state index contributed by atoms with van der Waals surface area (Å²) in [6.07, 6.45) is 3.86. The van der Waals surface area contributed by atoms with Crippen LogP contribution in [-0.2, 0) is 8.85 Å². The van der Waals surface area contributed by atoms with Gasteiger partial charge < -0.3 is 8.85 Å². The lowest BCUT2D eigenvalue weighted by atomic mass is 10.2. The average molecular weight is 162 g/mol. The Balaban J connectivity index is 2.08. The Hall–Kier alpha value is 0.354. The lowest BCUT2D eigenvalue weighted by Gasteiger charge is -2.20. The Labute approximate surface area is 61.4 Å². The molecular weight excluding hydrogens is 148 g/mol. The van der Waals surface area contributed by atoms with Gasteiger partial charge in [0.25, 0.3) is 0 Å². The molecule has 54 valence electrons. The van der Waals surface area contributed by atoms with Crippen LogP contribution in [0.4, 0.5) is 0 Å². The van der Waals surface area contributed by atoms with E-state index < -0.39 is 0 Å². The fraction of sp³-hybridized carbons (Fsp3) is 1.00. The smallest absolute Gasteiger partial charge is 0.175 e. The maximum absolute atomic E-state index is 5.48. The van der Waals surface area contributed by atoms with Gasteiger partial charge in [0.05, 0.1) is 5.73 Å². The van der Waals surface area contributed by atoms with E-state index in [4.69, 9.17) is 8.85 Å². The zero-order valence-corrected chi connectivity index (χ0v) is 9.34. The summed E-state index contributed by atoms with van der Waals surface area (Å²) in [5, 5.41) is 0. The standard InChI is InChI=1S/C5H14O2Si2/c8-7-9-5-3-1-2-4-6-5/h5H,1-4,9H2,8H3. The molecule has 1 unspecified atom stereocenters. The molecule has 0 saturated carbocycles. The Kier molecular flexibility index (Phi) is 3.49. The van der Waals surface area contributed by atoms with E-state index in [2.05, 4.69) is 0 Å². The number of rotatable bonds is 2. The highest BCUT2D eigenvalue weighted by atomic mass is 28.3. The summed E-state index contributed by atoms with van der Waals surface area (Å²) in [6, 6.07) is 0. The molecule has 0 aromatic heterocycles. The van der Waals surface area contributed by atoms with Gasteiger partial charge >= 0.3 is 0 Å². The van der Waals surface area contributed by atoms with E-state index in [1.165, 1.54) is 19.3 Å². The fourth-order valence-corrected chi connectivity index (χ4v) is 3.33. The second-order valence-electron chi connectivity index (χ2n) is 2.44. The van der Waals surface area contributed by atoms with Crippen molar-refractivity contribution in [1.29, 1.82) is 0 Å². The molecule has 1 saturated heterocycles. The number of hydrogen-bond donors (Lipinski definition) is 0. The van der Waals surface area contributed by atoms with Gasteiger partial charge in [0.1, 0.15) is 10.5 Å². The molecule has 1 aliphatic rings. The first kappa shape index (κ1) is 7.46. The SMILES string of the molecule is [SiH3]O[SiH2]C1CCCCO1. The van der Waals surface area contributed by atoms with Crippen molar-refractivity contribution in [1.82, 2.24) is 0 Å². The zero-order chi connectivity index (χ0) is 6.53. The summed E-state index contributed by atoms with van der Waals surface area (Å²) in [6.45, 7) is 0.975. The van der Waals surface area contributed by atoms with Crippen LogP contribution >= 0.6 is 0 Å². The van der Waals surface area contributed by atoms with E-state index in [0.29, 0.717) is 5.73 Å². The minimum absolute atomic E-state index is 0.285. The van der Waals surface area contributed by atoms with Gasteiger partial charge in [-0.2, -0.15) is 0 Å². The largest absolute Gasteiger partial charge is 0.466 e. The van der Waals surface area contributed by atoms with Gasteiger partial charge in [-0.15, -0.1) is 0 Å². The third kappa shape index (κ3) is 2.62. The summed E-state index contributed by atoms with van der Waals surface area (Å²) in [5.74, 6) is 0. The monoisotopic (exact) mass is 162 g/mol. The lowest BCUT2D eigenvalue weighted by molar-refractivity contribution is 0.0601. The molecule has 1 atom stereocenters. The van der Waals surface area contributed by atoms with Crippen molar-refractivity contribution in [2.45, 2.75) is 25.0 Å². The highest BCUT2D eigenvalue weighted by Crippen LogP contribution is 2.10. The minimum Gasteiger partial charge on any atom is -0.466 e. The molecule has 0 bridgehead atoms. The van der Waals surface area contributed by atoms with Crippen LogP contribution in [0.2, 0.25) is 0 Å². The van der Waals surface area contributed by atoms with E-state index in [1.54, 1.807) is 0 Å². The molecule has 1 aliphatic heterocycles. The first-order chi connectivity index (χ1) is 4.43. The van der Waals surface area contributed by atoms with Gasteiger partial charge in [-0.1, -0.05) is 0 Å². The second kappa shape index (κ2) is 4.21. The first-order valence-electron chi connectivity index (χ1n) is 3.54. The third-order valence-corrected chi connectivity index (χ3v) is 3.98. The maximum Gasteiger partial charge on any atom is 0.175 e. The molecule has 0 N–H and O–H groups in total. The highest BCUT2D eigenvalue weighted by molar-refractivity contribution is 6.35. The van der Waals surface area contributed by atoms with Gasteiger partial charge in [0.15, 0.2) is 9.76 Å². The minimum atomic E-state index is -0.285. The lowest BCUT2D eigenvalue weighted by Crippen LogP contribution is -2.26. The van der Waals surface area contributed by atoms with Crippen LogP contribution in [0, 0.1) is 0 Å². The molecule has 0 radical (unpaired) electrons. The fourth-order valence-electron chi connectivity index (χ4n) is 1.12. The molecule has 4 heteroatoms. The number of hydrogen-bond acceptors (Lipinski definition) is 2. The van der Waals surface area contributed by atoms with Crippen molar-refractivity contribution >= 4 is 20.2 Å². The van der Waals surface area contributed by atoms with Crippen LogP contribution in [0.3, 0.4) is 0 Å². The number of ether oxygens (including phenoxy) is 1. The normalized spacial score (nSPS) is 30.0. The molecule has 1 heterocycles. The maximum atomic E-state index is 5.48. The molecule has 0 aromatic carbocycles. The Morgan fingerprint density at radius 1 is 1.56 bits per heavy atom. The molecule has 1 rings (SSSR count). The van der Waals surface area contributed by atoms with Crippen molar-refractivity contribution in [3.05, 3.63) is 0 Å². The Morgan fingerprint density at radius 2 is 2.44 bits per heavy atom. The third-order valence-electron chi connectivity index (χ3n) is 1.63. The highest BCUT2D eigenvalue weighted by Gasteiger charge is 2.12. The summed E-state index contributed by atoms with van der Waals surface area (Å²) in [4.78, 5) is 0. The van der Waals surface area contributed by atoms with Crippen molar-refractivity contribution < 1.29 is 8.85 Å². The Bertz CT molecular complexity index is 70.6. The van der Waals surface area contributed by atoms with Crippen LogP contribution < -0.4 is 0 Å². The van der Waals surface area contributed by atoms with Gasteiger partial charge in [-0.3, -0.25) is 0 Å². The molecule has 0 spiro atoms.